The molecule has 148 valence electrons. The number of nitrogens with one attached hydrogen (secondary N) is 1. The maximum Gasteiger partial charge on any atom is 0.412 e. The second kappa shape index (κ2) is 7.12. The summed E-state index contributed by atoms with van der Waals surface area (Å²) in [6.45, 7) is 4.34. The molecule has 2 atom stereocenters. The van der Waals surface area contributed by atoms with Crippen LogP contribution in [0.4, 0.5) is 4.79 Å². The molecule has 0 aromatic heterocycles. The Balaban J connectivity index is 1.39. The zero-order valence-corrected chi connectivity index (χ0v) is 17.2. The van der Waals surface area contributed by atoms with Crippen molar-refractivity contribution < 1.29 is 9.53 Å². The van der Waals surface area contributed by atoms with E-state index in [-0.39, 0.29) is 18.2 Å². The number of hydrogen-bond donors (Lipinski definition) is 1. The van der Waals surface area contributed by atoms with Gasteiger partial charge in [0.25, 0.3) is 0 Å². The molecule has 4 saturated carbocycles. The van der Waals surface area contributed by atoms with E-state index >= 15 is 0 Å². The third kappa shape index (κ3) is 3.73. The van der Waals surface area contributed by atoms with Gasteiger partial charge in [-0.1, -0.05) is 12.1 Å². The van der Waals surface area contributed by atoms with Crippen LogP contribution in [0.3, 0.4) is 0 Å². The normalized spacial score (nSPS) is 33.7. The molecule has 0 heterocycles. The summed E-state index contributed by atoms with van der Waals surface area (Å²) in [5.41, 5.74) is 1.45. The van der Waals surface area contributed by atoms with Gasteiger partial charge in [-0.2, -0.15) is 0 Å². The summed E-state index contributed by atoms with van der Waals surface area (Å²) < 4.78 is 5.65. The number of carbonyl (C=O) groups is 1. The van der Waals surface area contributed by atoms with Gasteiger partial charge in [0.1, 0.15) is 5.75 Å². The van der Waals surface area contributed by atoms with Crippen molar-refractivity contribution in [3.63, 3.8) is 0 Å². The van der Waals surface area contributed by atoms with E-state index < -0.39 is 0 Å². The van der Waals surface area contributed by atoms with Crippen molar-refractivity contribution >= 4 is 6.09 Å². The average Bonchev–Trinajstić information content (AvgIpc) is 2.60. The number of ether oxygens (including phenoxy) is 1. The van der Waals surface area contributed by atoms with Gasteiger partial charge < -0.3 is 15.0 Å². The van der Waals surface area contributed by atoms with Crippen LogP contribution in [0.25, 0.3) is 0 Å². The summed E-state index contributed by atoms with van der Waals surface area (Å²) in [5.74, 6) is 3.29. The molecule has 4 fully saturated rings. The number of hydrogen-bond acceptors (Lipinski definition) is 3. The molecule has 4 nitrogen and oxygen atoms in total. The Morgan fingerprint density at radius 3 is 2.26 bits per heavy atom. The van der Waals surface area contributed by atoms with Gasteiger partial charge in [0.05, 0.1) is 0 Å². The van der Waals surface area contributed by atoms with Crippen molar-refractivity contribution in [1.29, 1.82) is 0 Å². The van der Waals surface area contributed by atoms with Gasteiger partial charge in [0, 0.05) is 12.1 Å². The van der Waals surface area contributed by atoms with Crippen LogP contribution < -0.4 is 10.1 Å². The van der Waals surface area contributed by atoms with E-state index in [2.05, 4.69) is 44.2 Å². The van der Waals surface area contributed by atoms with E-state index in [4.69, 9.17) is 4.74 Å². The van der Waals surface area contributed by atoms with Crippen molar-refractivity contribution in [3.8, 4) is 5.75 Å². The van der Waals surface area contributed by atoms with Crippen LogP contribution in [0.15, 0.2) is 24.3 Å². The van der Waals surface area contributed by atoms with Crippen molar-refractivity contribution in [2.24, 2.45) is 23.2 Å². The monoisotopic (exact) mass is 370 g/mol. The SMILES string of the molecule is CC(NC(=O)Oc1cccc([C@H](C)N(C)C)c1)C12CC3CC(CC(C3)C1)C2. The summed E-state index contributed by atoms with van der Waals surface area (Å²) in [5, 5.41) is 3.19. The second-order valence-corrected chi connectivity index (χ2v) is 9.75. The lowest BCUT2D eigenvalue weighted by atomic mass is 9.48. The third-order valence-corrected chi connectivity index (χ3v) is 7.66. The van der Waals surface area contributed by atoms with Gasteiger partial charge in [-0.05, 0) is 107 Å². The van der Waals surface area contributed by atoms with Crippen LogP contribution in [-0.2, 0) is 0 Å². The van der Waals surface area contributed by atoms with Crippen molar-refractivity contribution in [1.82, 2.24) is 10.2 Å². The third-order valence-electron chi connectivity index (χ3n) is 7.66. The lowest BCUT2D eigenvalue weighted by Gasteiger charge is -2.58. The summed E-state index contributed by atoms with van der Waals surface area (Å²) in [4.78, 5) is 14.7. The van der Waals surface area contributed by atoms with Gasteiger partial charge in [0.2, 0.25) is 0 Å². The molecular weight excluding hydrogens is 336 g/mol. The summed E-state index contributed by atoms with van der Waals surface area (Å²) in [7, 11) is 4.11. The first-order chi connectivity index (χ1) is 12.8. The Bertz CT molecular complexity index is 664. The minimum atomic E-state index is -0.312. The molecule has 1 N–H and O–H groups in total. The van der Waals surface area contributed by atoms with Crippen LogP contribution in [-0.4, -0.2) is 31.1 Å². The van der Waals surface area contributed by atoms with Crippen molar-refractivity contribution in [3.05, 3.63) is 29.8 Å². The first-order valence-electron chi connectivity index (χ1n) is 10.6. The molecule has 1 aromatic carbocycles. The minimum Gasteiger partial charge on any atom is -0.410 e. The largest absolute Gasteiger partial charge is 0.412 e. The highest BCUT2D eigenvalue weighted by Crippen LogP contribution is 2.61. The first-order valence-corrected chi connectivity index (χ1v) is 10.6. The quantitative estimate of drug-likeness (QED) is 0.793. The number of benzene rings is 1. The highest BCUT2D eigenvalue weighted by Gasteiger charge is 2.53. The fourth-order valence-corrected chi connectivity index (χ4v) is 6.31. The van der Waals surface area contributed by atoms with E-state index in [9.17, 15) is 4.79 Å². The fourth-order valence-electron chi connectivity index (χ4n) is 6.31. The van der Waals surface area contributed by atoms with Gasteiger partial charge in [0.15, 0.2) is 0 Å². The Morgan fingerprint density at radius 2 is 1.70 bits per heavy atom. The minimum absolute atomic E-state index is 0.183. The summed E-state index contributed by atoms with van der Waals surface area (Å²) in [6.07, 6.45) is 7.82. The number of amides is 1. The lowest BCUT2D eigenvalue weighted by molar-refractivity contribution is -0.0689. The molecule has 0 aliphatic heterocycles. The zero-order chi connectivity index (χ0) is 19.2. The smallest absolute Gasteiger partial charge is 0.410 e. The van der Waals surface area contributed by atoms with E-state index in [1.165, 1.54) is 38.5 Å². The summed E-state index contributed by atoms with van der Waals surface area (Å²) in [6, 6.07) is 8.33. The predicted octanol–water partition coefficient (Wildman–Crippen LogP) is 5.00. The molecular formula is C23H34N2O2. The molecule has 0 radical (unpaired) electrons. The van der Waals surface area contributed by atoms with Gasteiger partial charge in [-0.25, -0.2) is 4.79 Å². The Kier molecular flexibility index (Phi) is 4.96. The first kappa shape index (κ1) is 18.8. The molecule has 1 unspecified atom stereocenters. The van der Waals surface area contributed by atoms with Gasteiger partial charge in [-0.3, -0.25) is 0 Å². The molecule has 0 saturated heterocycles. The topological polar surface area (TPSA) is 41.6 Å². The zero-order valence-electron chi connectivity index (χ0n) is 17.2. The maximum atomic E-state index is 12.6. The van der Waals surface area contributed by atoms with Gasteiger partial charge >= 0.3 is 6.09 Å². The van der Waals surface area contributed by atoms with Crippen LogP contribution in [0.5, 0.6) is 5.75 Å². The Hall–Kier alpha value is -1.55. The average molecular weight is 371 g/mol. The molecule has 0 spiro atoms. The second-order valence-electron chi connectivity index (χ2n) is 9.75. The number of rotatable bonds is 5. The predicted molar refractivity (Wildman–Crippen MR) is 108 cm³/mol. The lowest BCUT2D eigenvalue weighted by Crippen LogP contribution is -2.56. The number of carbonyl (C=O) groups excluding carboxylic acids is 1. The standard InChI is InChI=1S/C23H34N2O2/c1-15(25(3)4)20-6-5-7-21(11-20)27-22(26)24-16(2)23-12-17-8-18(13-23)10-19(9-17)14-23/h5-7,11,15-19H,8-10,12-14H2,1-4H3,(H,24,26)/t15-,16?,17?,18?,19?,23?/m0/s1. The van der Waals surface area contributed by atoms with Crippen molar-refractivity contribution in [2.75, 3.05) is 14.1 Å². The maximum absolute atomic E-state index is 12.6. The molecule has 4 aliphatic rings. The molecule has 4 heteroatoms. The van der Waals surface area contributed by atoms with E-state index in [1.807, 2.05) is 18.2 Å². The molecule has 27 heavy (non-hydrogen) atoms. The highest BCUT2D eigenvalue weighted by molar-refractivity contribution is 5.70. The van der Waals surface area contributed by atoms with E-state index in [0.29, 0.717) is 11.2 Å². The molecule has 4 bridgehead atoms. The van der Waals surface area contributed by atoms with Crippen LogP contribution in [0, 0.1) is 23.2 Å². The fraction of sp³-hybridized carbons (Fsp3) is 0.696. The molecule has 5 rings (SSSR count). The van der Waals surface area contributed by atoms with Crippen LogP contribution >= 0.6 is 0 Å². The van der Waals surface area contributed by atoms with E-state index in [0.717, 1.165) is 23.3 Å². The molecule has 1 aromatic rings. The highest BCUT2D eigenvalue weighted by atomic mass is 16.6. The Morgan fingerprint density at radius 1 is 1.11 bits per heavy atom. The summed E-state index contributed by atoms with van der Waals surface area (Å²) >= 11 is 0. The van der Waals surface area contributed by atoms with Crippen molar-refractivity contribution in [2.45, 2.75) is 64.5 Å². The van der Waals surface area contributed by atoms with Crippen LogP contribution in [0.1, 0.15) is 64.0 Å². The Labute approximate surface area is 163 Å². The van der Waals surface area contributed by atoms with Crippen LogP contribution in [0.2, 0.25) is 0 Å². The van der Waals surface area contributed by atoms with Gasteiger partial charge in [-0.15, -0.1) is 0 Å². The molecule has 4 aliphatic carbocycles. The molecule has 1 amide bonds. The number of nitrogens with zero attached hydrogens (tertiary/aromatic N) is 1. The van der Waals surface area contributed by atoms with E-state index in [1.54, 1.807) is 0 Å².